The lowest BCUT2D eigenvalue weighted by Gasteiger charge is -2.24. The first-order valence-electron chi connectivity index (χ1n) is 8.66. The fourth-order valence-corrected chi connectivity index (χ4v) is 3.01. The first-order chi connectivity index (χ1) is 12.3. The van der Waals surface area contributed by atoms with Gasteiger partial charge >= 0.3 is 18.1 Å². The highest BCUT2D eigenvalue weighted by molar-refractivity contribution is 6.32. The zero-order valence-corrected chi connectivity index (χ0v) is 15.8. The number of benzene rings is 1. The minimum Gasteiger partial charge on any atom is -0.459 e. The second-order valence-corrected chi connectivity index (χ2v) is 6.28. The van der Waals surface area contributed by atoms with Gasteiger partial charge in [-0.3, -0.25) is 4.79 Å². The van der Waals surface area contributed by atoms with E-state index in [9.17, 15) is 22.8 Å². The van der Waals surface area contributed by atoms with Crippen LogP contribution in [0.2, 0.25) is 0 Å². The van der Waals surface area contributed by atoms with E-state index in [1.807, 2.05) is 0 Å². The van der Waals surface area contributed by atoms with Gasteiger partial charge in [-0.1, -0.05) is 6.07 Å². The second kappa shape index (κ2) is 10.5. The van der Waals surface area contributed by atoms with Crippen LogP contribution in [0.4, 0.5) is 13.2 Å². The van der Waals surface area contributed by atoms with Gasteiger partial charge in [0.05, 0.1) is 12.2 Å². The first-order valence-corrected chi connectivity index (χ1v) is 8.66. The summed E-state index contributed by atoms with van der Waals surface area (Å²) < 4.78 is 43.7. The summed E-state index contributed by atoms with van der Waals surface area (Å²) in [5.41, 5.74) is 0.423. The van der Waals surface area contributed by atoms with E-state index < -0.39 is 23.6 Å². The molecule has 1 aromatic rings. The number of ether oxygens (including phenoxy) is 1. The lowest BCUT2D eigenvalue weighted by Crippen LogP contribution is -2.32. The van der Waals surface area contributed by atoms with E-state index >= 15 is 0 Å². The van der Waals surface area contributed by atoms with Crippen LogP contribution >= 0.6 is 12.4 Å². The Bertz CT molecular complexity index is 647. The Balaban J connectivity index is 0.00000364. The molecule has 1 amide bonds. The van der Waals surface area contributed by atoms with E-state index in [0.717, 1.165) is 38.1 Å². The molecule has 2 rings (SSSR count). The van der Waals surface area contributed by atoms with Gasteiger partial charge in [-0.05, 0) is 68.5 Å². The lowest BCUT2D eigenvalue weighted by atomic mass is 9.88. The molecule has 0 spiro atoms. The highest BCUT2D eigenvalue weighted by Crippen LogP contribution is 2.32. The van der Waals surface area contributed by atoms with Crippen molar-refractivity contribution in [2.45, 2.75) is 38.9 Å². The largest absolute Gasteiger partial charge is 0.459 e. The van der Waals surface area contributed by atoms with Crippen LogP contribution in [0, 0.1) is 5.92 Å². The van der Waals surface area contributed by atoms with Crippen LogP contribution in [0.5, 0.6) is 0 Å². The van der Waals surface area contributed by atoms with Crippen molar-refractivity contribution in [2.75, 3.05) is 19.7 Å². The van der Waals surface area contributed by atoms with Gasteiger partial charge in [0.1, 0.15) is 0 Å². The molecule has 0 aromatic heterocycles. The van der Waals surface area contributed by atoms with Crippen molar-refractivity contribution in [1.82, 2.24) is 10.6 Å². The smallest absolute Gasteiger partial charge is 0.416 e. The number of amides is 1. The predicted molar refractivity (Wildman–Crippen MR) is 96.5 cm³/mol. The zero-order chi connectivity index (χ0) is 19.2. The Morgan fingerprint density at radius 1 is 1.22 bits per heavy atom. The summed E-state index contributed by atoms with van der Waals surface area (Å²) in [7, 11) is 0. The molecule has 1 heterocycles. The number of esters is 1. The fraction of sp³-hybridized carbons (Fsp3) is 0.556. The number of halogens is 4. The van der Waals surface area contributed by atoms with Gasteiger partial charge < -0.3 is 15.4 Å². The van der Waals surface area contributed by atoms with Crippen molar-refractivity contribution >= 4 is 24.3 Å². The first kappa shape index (κ1) is 23.2. The van der Waals surface area contributed by atoms with Crippen LogP contribution in [0.25, 0.3) is 0 Å². The monoisotopic (exact) mass is 408 g/mol. The molecule has 27 heavy (non-hydrogen) atoms. The second-order valence-electron chi connectivity index (χ2n) is 6.28. The van der Waals surface area contributed by atoms with Crippen LogP contribution in [0.1, 0.15) is 36.5 Å². The molecule has 1 aliphatic heterocycles. The molecule has 0 saturated carbocycles. The molecule has 0 bridgehead atoms. The maximum absolute atomic E-state index is 13.0. The summed E-state index contributed by atoms with van der Waals surface area (Å²) in [4.78, 5) is 23.0. The summed E-state index contributed by atoms with van der Waals surface area (Å²) in [6, 6.07) is 3.51. The predicted octanol–water partition coefficient (Wildman–Crippen LogP) is 2.85. The Hall–Kier alpha value is -1.80. The Morgan fingerprint density at radius 2 is 1.89 bits per heavy atom. The Kier molecular flexibility index (Phi) is 9.05. The van der Waals surface area contributed by atoms with Gasteiger partial charge in [0.15, 0.2) is 0 Å². The van der Waals surface area contributed by atoms with Crippen molar-refractivity contribution in [3.63, 3.8) is 0 Å². The fourth-order valence-electron chi connectivity index (χ4n) is 3.01. The number of nitrogens with one attached hydrogen (secondary N) is 2. The van der Waals surface area contributed by atoms with Crippen molar-refractivity contribution < 1.29 is 27.5 Å². The third kappa shape index (κ3) is 7.03. The highest BCUT2D eigenvalue weighted by Gasteiger charge is 2.31. The van der Waals surface area contributed by atoms with Crippen molar-refractivity contribution in [3.8, 4) is 0 Å². The summed E-state index contributed by atoms with van der Waals surface area (Å²) in [5, 5.41) is 5.64. The number of rotatable bonds is 5. The van der Waals surface area contributed by atoms with Crippen LogP contribution in [0.3, 0.4) is 0 Å². The van der Waals surface area contributed by atoms with Gasteiger partial charge in [-0.25, -0.2) is 4.79 Å². The van der Waals surface area contributed by atoms with E-state index in [0.29, 0.717) is 23.5 Å². The van der Waals surface area contributed by atoms with E-state index in [1.165, 1.54) is 6.07 Å². The molecule has 2 N–H and O–H groups in total. The molecule has 0 radical (unpaired) electrons. The molecule has 1 aliphatic rings. The molecule has 0 unspecified atom stereocenters. The molecule has 0 aliphatic carbocycles. The number of carbonyl (C=O) groups excluding carboxylic acids is 2. The highest BCUT2D eigenvalue weighted by atomic mass is 35.5. The molecular formula is C18H24ClF3N2O3. The average Bonchev–Trinajstić information content (AvgIpc) is 2.60. The molecule has 5 nitrogen and oxygen atoms in total. The van der Waals surface area contributed by atoms with Crippen LogP contribution in [-0.2, 0) is 33.5 Å². The zero-order valence-electron chi connectivity index (χ0n) is 15.0. The number of hydrogen-bond acceptors (Lipinski definition) is 4. The van der Waals surface area contributed by atoms with Crippen LogP contribution in [0.15, 0.2) is 18.2 Å². The third-order valence-corrected chi connectivity index (χ3v) is 4.40. The third-order valence-electron chi connectivity index (χ3n) is 4.40. The maximum Gasteiger partial charge on any atom is 0.416 e. The summed E-state index contributed by atoms with van der Waals surface area (Å²) in [5.74, 6) is -1.61. The van der Waals surface area contributed by atoms with E-state index in [2.05, 4.69) is 15.4 Å². The number of piperidine rings is 1. The van der Waals surface area contributed by atoms with Gasteiger partial charge in [0.2, 0.25) is 0 Å². The normalized spacial score (nSPS) is 15.0. The van der Waals surface area contributed by atoms with Crippen molar-refractivity contribution in [1.29, 1.82) is 0 Å². The van der Waals surface area contributed by atoms with E-state index in [4.69, 9.17) is 0 Å². The molecule has 9 heteroatoms. The number of carbonyl (C=O) groups is 2. The molecule has 1 saturated heterocycles. The molecular weight excluding hydrogens is 385 g/mol. The van der Waals surface area contributed by atoms with Crippen LogP contribution < -0.4 is 10.6 Å². The minimum atomic E-state index is -4.42. The molecule has 1 aromatic carbocycles. The van der Waals surface area contributed by atoms with Crippen molar-refractivity contribution in [3.05, 3.63) is 34.9 Å². The maximum atomic E-state index is 13.0. The van der Waals surface area contributed by atoms with Crippen LogP contribution in [-0.4, -0.2) is 31.6 Å². The number of hydrogen-bond donors (Lipinski definition) is 2. The molecule has 152 valence electrons. The summed E-state index contributed by atoms with van der Waals surface area (Å²) in [6.07, 6.45) is -2.12. The Morgan fingerprint density at radius 3 is 2.48 bits per heavy atom. The summed E-state index contributed by atoms with van der Waals surface area (Å²) in [6.45, 7) is 3.33. The summed E-state index contributed by atoms with van der Waals surface area (Å²) >= 11 is 0. The minimum absolute atomic E-state index is 0. The Labute approximate surface area is 162 Å². The van der Waals surface area contributed by atoms with Gasteiger partial charge in [-0.15, -0.1) is 12.4 Å². The SMILES string of the molecule is CCOC(=O)C(=O)NCc1ccc(C(F)(F)F)cc1CC1CCNCC1.Cl. The average molecular weight is 409 g/mol. The molecule has 1 fully saturated rings. The van der Waals surface area contributed by atoms with Gasteiger partial charge in [-0.2, -0.15) is 13.2 Å². The lowest BCUT2D eigenvalue weighted by molar-refractivity contribution is -0.154. The molecule has 0 atom stereocenters. The van der Waals surface area contributed by atoms with E-state index in [-0.39, 0.29) is 25.6 Å². The standard InChI is InChI=1S/C18H23F3N2O3.ClH/c1-2-26-17(25)16(24)23-11-13-3-4-15(18(19,20)21)10-14(13)9-12-5-7-22-8-6-12;/h3-4,10,12,22H,2,5-9,11H2,1H3,(H,23,24);1H. The quantitative estimate of drug-likeness (QED) is 0.580. The van der Waals surface area contributed by atoms with E-state index in [1.54, 1.807) is 6.92 Å². The van der Waals surface area contributed by atoms with Gasteiger partial charge in [0.25, 0.3) is 0 Å². The van der Waals surface area contributed by atoms with Gasteiger partial charge in [0, 0.05) is 6.54 Å². The van der Waals surface area contributed by atoms with Crippen molar-refractivity contribution in [2.24, 2.45) is 5.92 Å². The topological polar surface area (TPSA) is 67.4 Å². The number of alkyl halides is 3.